The molecule has 1 N–H and O–H groups in total. The molecule has 0 bridgehead atoms. The topological polar surface area (TPSA) is 75.7 Å². The zero-order valence-electron chi connectivity index (χ0n) is 14.3. The first kappa shape index (κ1) is 17.4. The molecule has 8 heteroatoms. The summed E-state index contributed by atoms with van der Waals surface area (Å²) in [5, 5.41) is 16.3. The van der Waals surface area contributed by atoms with E-state index in [4.69, 9.17) is 0 Å². The minimum absolute atomic E-state index is 0.0162. The highest BCUT2D eigenvalue weighted by molar-refractivity contribution is 7.15. The Labute approximate surface area is 150 Å². The predicted octanol–water partition coefficient (Wildman–Crippen LogP) is 3.76. The van der Waals surface area contributed by atoms with Crippen molar-refractivity contribution in [1.29, 1.82) is 0 Å². The number of rotatable bonds is 8. The first-order valence-corrected chi connectivity index (χ1v) is 9.15. The summed E-state index contributed by atoms with van der Waals surface area (Å²) in [6.07, 6.45) is 1.67. The fourth-order valence-electron chi connectivity index (χ4n) is 2.82. The van der Waals surface area contributed by atoms with Crippen molar-refractivity contribution >= 4 is 27.9 Å². The third-order valence-electron chi connectivity index (χ3n) is 4.26. The summed E-state index contributed by atoms with van der Waals surface area (Å²) in [7, 11) is 0. The van der Waals surface area contributed by atoms with Crippen molar-refractivity contribution in [1.82, 2.24) is 14.3 Å². The number of benzene rings is 1. The minimum Gasteiger partial charge on any atom is -0.359 e. The molecular weight excluding hydrogens is 338 g/mol. The molecule has 3 aromatic rings. The maximum atomic E-state index is 11.4. The lowest BCUT2D eigenvalue weighted by molar-refractivity contribution is -0.389. The van der Waals surface area contributed by atoms with E-state index in [1.54, 1.807) is 11.6 Å². The van der Waals surface area contributed by atoms with E-state index in [2.05, 4.69) is 41.2 Å². The molecule has 0 fully saturated rings. The molecule has 3 rings (SSSR count). The number of imidazole rings is 1. The van der Waals surface area contributed by atoms with Gasteiger partial charge in [-0.15, -0.1) is 0 Å². The maximum absolute atomic E-state index is 11.4. The first-order valence-electron chi connectivity index (χ1n) is 8.27. The summed E-state index contributed by atoms with van der Waals surface area (Å²) in [5.41, 5.74) is 2.35. The van der Waals surface area contributed by atoms with Crippen LogP contribution in [0.1, 0.15) is 25.0 Å². The molecule has 1 aromatic carbocycles. The van der Waals surface area contributed by atoms with Crippen molar-refractivity contribution in [3.8, 4) is 0 Å². The standard InChI is InChI=1S/C17H21N5O2S/c1-3-20(4-2)12-14-8-6-5-7-13(14)11-18-15-16(22(23)24)21-9-10-25-17(21)19-15/h5-10,18H,3-4,11-12H2,1-2H3. The lowest BCUT2D eigenvalue weighted by Crippen LogP contribution is -2.23. The molecule has 0 aliphatic rings. The van der Waals surface area contributed by atoms with Crippen molar-refractivity contribution < 1.29 is 4.92 Å². The van der Waals surface area contributed by atoms with Crippen LogP contribution in [-0.2, 0) is 13.1 Å². The van der Waals surface area contributed by atoms with Crippen molar-refractivity contribution in [2.45, 2.75) is 26.9 Å². The summed E-state index contributed by atoms with van der Waals surface area (Å²) in [5.74, 6) is 0.298. The highest BCUT2D eigenvalue weighted by Gasteiger charge is 2.23. The second-order valence-electron chi connectivity index (χ2n) is 5.68. The zero-order valence-corrected chi connectivity index (χ0v) is 15.1. The molecule has 2 heterocycles. The van der Waals surface area contributed by atoms with Crippen molar-refractivity contribution in [3.63, 3.8) is 0 Å². The molecule has 7 nitrogen and oxygen atoms in total. The van der Waals surface area contributed by atoms with Crippen LogP contribution in [0.4, 0.5) is 11.6 Å². The van der Waals surface area contributed by atoms with Gasteiger partial charge in [-0.2, -0.15) is 9.38 Å². The Morgan fingerprint density at radius 3 is 2.68 bits per heavy atom. The van der Waals surface area contributed by atoms with Crippen LogP contribution in [0.5, 0.6) is 0 Å². The zero-order chi connectivity index (χ0) is 17.8. The molecule has 0 saturated carbocycles. The van der Waals surface area contributed by atoms with Crippen LogP contribution in [0.15, 0.2) is 35.8 Å². The molecule has 132 valence electrons. The SMILES string of the molecule is CCN(CC)Cc1ccccc1CNc1nc2sccn2c1[N+](=O)[O-]. The maximum Gasteiger partial charge on any atom is 0.372 e. The predicted molar refractivity (Wildman–Crippen MR) is 100 cm³/mol. The summed E-state index contributed by atoms with van der Waals surface area (Å²) < 4.78 is 1.51. The molecule has 0 aliphatic heterocycles. The van der Waals surface area contributed by atoms with Gasteiger partial charge in [-0.05, 0) is 29.1 Å². The Kier molecular flexibility index (Phi) is 5.30. The normalized spacial score (nSPS) is 11.3. The summed E-state index contributed by atoms with van der Waals surface area (Å²) in [6.45, 7) is 7.63. The molecule has 0 spiro atoms. The molecule has 25 heavy (non-hydrogen) atoms. The van der Waals surface area contributed by atoms with E-state index in [0.717, 1.165) is 25.2 Å². The molecule has 0 unspecified atom stereocenters. The van der Waals surface area contributed by atoms with Gasteiger partial charge in [0.15, 0.2) is 0 Å². The summed E-state index contributed by atoms with van der Waals surface area (Å²) >= 11 is 1.38. The van der Waals surface area contributed by atoms with E-state index >= 15 is 0 Å². The quantitative estimate of drug-likeness (QED) is 0.489. The second-order valence-corrected chi connectivity index (χ2v) is 6.55. The van der Waals surface area contributed by atoms with E-state index in [0.29, 0.717) is 17.3 Å². The Bertz CT molecular complexity index is 869. The smallest absolute Gasteiger partial charge is 0.359 e. The summed E-state index contributed by atoms with van der Waals surface area (Å²) in [6, 6.07) is 8.17. The van der Waals surface area contributed by atoms with Crippen LogP contribution in [-0.4, -0.2) is 32.3 Å². The molecule has 0 amide bonds. The van der Waals surface area contributed by atoms with Gasteiger partial charge in [0.05, 0.1) is 0 Å². The number of hydrogen-bond acceptors (Lipinski definition) is 6. The molecular formula is C17H21N5O2S. The highest BCUT2D eigenvalue weighted by atomic mass is 32.1. The van der Waals surface area contributed by atoms with Gasteiger partial charge in [0.2, 0.25) is 5.82 Å². The lowest BCUT2D eigenvalue weighted by Gasteiger charge is -2.20. The van der Waals surface area contributed by atoms with Gasteiger partial charge in [-0.1, -0.05) is 49.4 Å². The van der Waals surface area contributed by atoms with Crippen LogP contribution in [0.3, 0.4) is 0 Å². The number of nitro groups is 1. The van der Waals surface area contributed by atoms with E-state index in [1.165, 1.54) is 21.3 Å². The van der Waals surface area contributed by atoms with Crippen LogP contribution < -0.4 is 5.32 Å². The fourth-order valence-corrected chi connectivity index (χ4v) is 3.53. The monoisotopic (exact) mass is 359 g/mol. The Balaban J connectivity index is 1.81. The number of fused-ring (bicyclic) bond motifs is 1. The van der Waals surface area contributed by atoms with Crippen molar-refractivity contribution in [3.05, 3.63) is 57.1 Å². The van der Waals surface area contributed by atoms with E-state index < -0.39 is 4.92 Å². The molecule has 2 aromatic heterocycles. The average Bonchev–Trinajstić information content (AvgIpc) is 3.18. The number of hydrogen-bond donors (Lipinski definition) is 1. The largest absolute Gasteiger partial charge is 0.372 e. The van der Waals surface area contributed by atoms with Crippen LogP contribution in [0.2, 0.25) is 0 Å². The number of aromatic nitrogens is 2. The molecule has 0 aliphatic carbocycles. The Morgan fingerprint density at radius 1 is 1.28 bits per heavy atom. The van der Waals surface area contributed by atoms with E-state index in [-0.39, 0.29) is 5.82 Å². The van der Waals surface area contributed by atoms with Gasteiger partial charge < -0.3 is 15.4 Å². The third-order valence-corrected chi connectivity index (χ3v) is 5.02. The number of anilines is 1. The van der Waals surface area contributed by atoms with Crippen molar-refractivity contribution in [2.75, 3.05) is 18.4 Å². The summed E-state index contributed by atoms with van der Waals surface area (Å²) in [4.78, 5) is 18.3. The van der Waals surface area contributed by atoms with Gasteiger partial charge >= 0.3 is 5.82 Å². The number of thiazole rings is 1. The molecule has 0 atom stereocenters. The highest BCUT2D eigenvalue weighted by Crippen LogP contribution is 2.28. The van der Waals surface area contributed by atoms with Crippen LogP contribution in [0.25, 0.3) is 4.96 Å². The van der Waals surface area contributed by atoms with Gasteiger partial charge in [0.25, 0.3) is 4.96 Å². The van der Waals surface area contributed by atoms with Gasteiger partial charge in [0.1, 0.15) is 6.20 Å². The van der Waals surface area contributed by atoms with Crippen molar-refractivity contribution in [2.24, 2.45) is 0 Å². The van der Waals surface area contributed by atoms with Gasteiger partial charge in [-0.25, -0.2) is 0 Å². The van der Waals surface area contributed by atoms with E-state index in [1.807, 2.05) is 12.1 Å². The molecule has 0 radical (unpaired) electrons. The second kappa shape index (κ2) is 7.62. The van der Waals surface area contributed by atoms with Gasteiger partial charge in [-0.3, -0.25) is 4.90 Å². The number of nitrogens with zero attached hydrogens (tertiary/aromatic N) is 4. The number of nitrogens with one attached hydrogen (secondary N) is 1. The minimum atomic E-state index is -0.392. The van der Waals surface area contributed by atoms with Crippen LogP contribution in [0, 0.1) is 10.1 Å². The average molecular weight is 359 g/mol. The van der Waals surface area contributed by atoms with E-state index in [9.17, 15) is 10.1 Å². The fraction of sp³-hybridized carbons (Fsp3) is 0.353. The Hall–Kier alpha value is -2.45. The first-order chi connectivity index (χ1) is 12.1. The lowest BCUT2D eigenvalue weighted by atomic mass is 10.1. The Morgan fingerprint density at radius 2 is 2.00 bits per heavy atom. The van der Waals surface area contributed by atoms with Gasteiger partial charge in [0, 0.05) is 18.5 Å². The third kappa shape index (κ3) is 3.64. The van der Waals surface area contributed by atoms with Crippen LogP contribution >= 0.6 is 11.3 Å². The molecule has 0 saturated heterocycles.